The summed E-state index contributed by atoms with van der Waals surface area (Å²) >= 11 is 0. The third-order valence-corrected chi connectivity index (χ3v) is 11.1. The Bertz CT molecular complexity index is 2820. The van der Waals surface area contributed by atoms with Gasteiger partial charge in [0.25, 0.3) is 0 Å². The molecular formula is C48H47N5. The number of anilines is 1. The molecule has 4 aromatic carbocycles. The first-order valence-corrected chi connectivity index (χ1v) is 18.7. The first-order chi connectivity index (χ1) is 25.0. The lowest BCUT2D eigenvalue weighted by Gasteiger charge is -2.20. The molecular weight excluding hydrogens is 647 g/mol. The number of aromatic nitrogens is 4. The summed E-state index contributed by atoms with van der Waals surface area (Å²) < 4.78 is 0. The molecule has 0 saturated carbocycles. The van der Waals surface area contributed by atoms with E-state index < -0.39 is 0 Å². The smallest absolute Gasteiger partial charge is 0.0737 e. The highest BCUT2D eigenvalue weighted by Crippen LogP contribution is 2.43. The summed E-state index contributed by atoms with van der Waals surface area (Å²) in [4.78, 5) is 18.4. The summed E-state index contributed by atoms with van der Waals surface area (Å²) in [5.41, 5.74) is 23.2. The van der Waals surface area contributed by atoms with E-state index in [1.165, 1.54) is 22.1 Å². The Morgan fingerprint density at radius 3 is 1.19 bits per heavy atom. The van der Waals surface area contributed by atoms with Gasteiger partial charge in [0.1, 0.15) is 0 Å². The molecule has 0 radical (unpaired) electrons. The van der Waals surface area contributed by atoms with Crippen LogP contribution in [0.4, 0.5) is 5.69 Å². The molecule has 5 nitrogen and oxygen atoms in total. The average molecular weight is 694 g/mol. The lowest BCUT2D eigenvalue weighted by Crippen LogP contribution is -2.10. The molecule has 8 bridgehead atoms. The molecule has 0 amide bonds. The molecule has 2 aliphatic heterocycles. The molecule has 0 spiro atoms. The number of hydrogen-bond acceptors (Lipinski definition) is 3. The number of nitrogen functional groups attached to an aromatic ring is 1. The minimum absolute atomic E-state index is 0.00170. The highest BCUT2D eigenvalue weighted by Gasteiger charge is 2.24. The molecule has 3 aromatic heterocycles. The Kier molecular flexibility index (Phi) is 6.99. The minimum Gasteiger partial charge on any atom is -0.399 e. The zero-order valence-electron chi connectivity index (χ0n) is 32.2. The molecule has 0 fully saturated rings. The quantitative estimate of drug-likeness (QED) is 0.138. The van der Waals surface area contributed by atoms with Crippen molar-refractivity contribution in [2.75, 3.05) is 5.73 Å². The highest BCUT2D eigenvalue weighted by molar-refractivity contribution is 6.11. The van der Waals surface area contributed by atoms with Gasteiger partial charge in [-0.3, -0.25) is 0 Å². The molecule has 5 heterocycles. The van der Waals surface area contributed by atoms with E-state index in [1.54, 1.807) is 0 Å². The van der Waals surface area contributed by atoms with E-state index in [0.717, 1.165) is 88.9 Å². The van der Waals surface area contributed by atoms with E-state index in [1.807, 2.05) is 6.07 Å². The van der Waals surface area contributed by atoms with Gasteiger partial charge in [-0.05, 0) is 87.5 Å². The molecule has 53 heavy (non-hydrogen) atoms. The third-order valence-electron chi connectivity index (χ3n) is 11.1. The maximum atomic E-state index is 6.42. The Hall–Kier alpha value is -5.68. The van der Waals surface area contributed by atoms with Crippen LogP contribution in [0.1, 0.15) is 79.0 Å². The fourth-order valence-corrected chi connectivity index (χ4v) is 7.88. The predicted octanol–water partition coefficient (Wildman–Crippen LogP) is 12.8. The first-order valence-electron chi connectivity index (χ1n) is 18.7. The van der Waals surface area contributed by atoms with Gasteiger partial charge in [0.15, 0.2) is 0 Å². The second-order valence-corrected chi connectivity index (χ2v) is 18.1. The van der Waals surface area contributed by atoms with Gasteiger partial charge in [0, 0.05) is 71.6 Å². The van der Waals surface area contributed by atoms with E-state index in [4.69, 9.17) is 15.7 Å². The van der Waals surface area contributed by atoms with Gasteiger partial charge in [-0.1, -0.05) is 105 Å². The maximum absolute atomic E-state index is 6.42. The van der Waals surface area contributed by atoms with Crippen molar-refractivity contribution < 1.29 is 0 Å². The van der Waals surface area contributed by atoms with Crippen LogP contribution in [0.15, 0.2) is 97.1 Å². The van der Waals surface area contributed by atoms with Crippen LogP contribution in [0.25, 0.3) is 88.6 Å². The Morgan fingerprint density at radius 2 is 0.736 bits per heavy atom. The minimum atomic E-state index is -0.00790. The van der Waals surface area contributed by atoms with Gasteiger partial charge in [0.05, 0.1) is 22.8 Å². The molecule has 0 saturated heterocycles. The van der Waals surface area contributed by atoms with Crippen LogP contribution in [0.3, 0.4) is 0 Å². The fourth-order valence-electron chi connectivity index (χ4n) is 7.88. The molecule has 0 atom stereocenters. The van der Waals surface area contributed by atoms with Gasteiger partial charge < -0.3 is 15.7 Å². The molecule has 2 aliphatic rings. The summed E-state index contributed by atoms with van der Waals surface area (Å²) in [6, 6.07) is 35.5. The SMILES string of the molecule is CC(C)(C)c1ccc2c(c1)-c1cc3[nH]c(cc4nc(cc5[nH]c(cc-2n1)c1cc(C(C)(C)C)ccc51)-c1cc(C(C)(C)C)ccc1-4)c1cc(N)ccc31. The third kappa shape index (κ3) is 5.53. The van der Waals surface area contributed by atoms with Crippen molar-refractivity contribution >= 4 is 49.3 Å². The van der Waals surface area contributed by atoms with Crippen LogP contribution in [0, 0.1) is 0 Å². The number of nitrogens with one attached hydrogen (secondary N) is 2. The number of H-pyrrole nitrogens is 2. The molecule has 5 heteroatoms. The summed E-state index contributed by atoms with van der Waals surface area (Å²) in [6.45, 7) is 20.4. The van der Waals surface area contributed by atoms with Crippen LogP contribution in [-0.4, -0.2) is 19.9 Å². The zero-order valence-corrected chi connectivity index (χ0v) is 32.2. The van der Waals surface area contributed by atoms with Crippen molar-refractivity contribution in [3.8, 4) is 45.0 Å². The van der Waals surface area contributed by atoms with Crippen LogP contribution in [0.5, 0.6) is 0 Å². The number of rotatable bonds is 0. The Balaban J connectivity index is 1.47. The second kappa shape index (κ2) is 11.2. The summed E-state index contributed by atoms with van der Waals surface area (Å²) in [5, 5.41) is 4.49. The summed E-state index contributed by atoms with van der Waals surface area (Å²) in [7, 11) is 0. The zero-order chi connectivity index (χ0) is 37.2. The number of nitrogens with two attached hydrogens (primary N) is 1. The van der Waals surface area contributed by atoms with Gasteiger partial charge in [-0.25, -0.2) is 9.97 Å². The van der Waals surface area contributed by atoms with Gasteiger partial charge in [-0.2, -0.15) is 0 Å². The number of nitrogens with zero attached hydrogens (tertiary/aromatic N) is 2. The van der Waals surface area contributed by atoms with E-state index in [2.05, 4.69) is 163 Å². The predicted molar refractivity (Wildman–Crippen MR) is 225 cm³/mol. The van der Waals surface area contributed by atoms with E-state index >= 15 is 0 Å². The Labute approximate surface area is 311 Å². The highest BCUT2D eigenvalue weighted by atomic mass is 14.8. The normalized spacial score (nSPS) is 13.1. The number of aromatic amines is 2. The number of fused-ring (bicyclic) bond motifs is 20. The van der Waals surface area contributed by atoms with Gasteiger partial charge in [-0.15, -0.1) is 0 Å². The number of hydrogen-bond donors (Lipinski definition) is 3. The van der Waals surface area contributed by atoms with Crippen LogP contribution < -0.4 is 5.73 Å². The van der Waals surface area contributed by atoms with E-state index in [9.17, 15) is 0 Å². The van der Waals surface area contributed by atoms with E-state index in [0.29, 0.717) is 0 Å². The van der Waals surface area contributed by atoms with Crippen LogP contribution >= 0.6 is 0 Å². The van der Waals surface area contributed by atoms with Crippen molar-refractivity contribution in [1.82, 2.24) is 19.9 Å². The fraction of sp³-hybridized carbons (Fsp3) is 0.250. The monoisotopic (exact) mass is 693 g/mol. The van der Waals surface area contributed by atoms with Crippen molar-refractivity contribution in [2.45, 2.75) is 78.6 Å². The van der Waals surface area contributed by atoms with Crippen molar-refractivity contribution in [3.63, 3.8) is 0 Å². The molecule has 7 aromatic rings. The Morgan fingerprint density at radius 1 is 0.377 bits per heavy atom. The van der Waals surface area contributed by atoms with Crippen molar-refractivity contribution in [1.29, 1.82) is 0 Å². The molecule has 0 unspecified atom stereocenters. The lowest BCUT2D eigenvalue weighted by molar-refractivity contribution is 0.590. The van der Waals surface area contributed by atoms with Crippen molar-refractivity contribution in [3.05, 3.63) is 114 Å². The van der Waals surface area contributed by atoms with Crippen LogP contribution in [-0.2, 0) is 16.2 Å². The van der Waals surface area contributed by atoms with Crippen molar-refractivity contribution in [2.24, 2.45) is 0 Å². The maximum Gasteiger partial charge on any atom is 0.0737 e. The molecule has 0 aliphatic carbocycles. The standard InChI is InChI=1S/C48H47N5/c1-46(2,3)26-10-14-30-34(18-26)42-22-39-31-15-11-27(47(4,5)6)19-35(31)44(51-39)24-41-33-17-13-29(49)21-37(33)45(53-41)25-40-32-16-12-28(48(7,8)9)20-36(32)43(52-40)23-38(30)50-42/h10-25,50,53H,49H2,1-9H3. The molecule has 4 N–H and O–H groups in total. The van der Waals surface area contributed by atoms with Gasteiger partial charge in [0.2, 0.25) is 0 Å². The second-order valence-electron chi connectivity index (χ2n) is 18.1. The lowest BCUT2D eigenvalue weighted by atomic mass is 9.85. The molecule has 264 valence electrons. The van der Waals surface area contributed by atoms with Crippen LogP contribution in [0.2, 0.25) is 0 Å². The molecule has 9 rings (SSSR count). The largest absolute Gasteiger partial charge is 0.399 e. The topological polar surface area (TPSA) is 83.4 Å². The summed E-state index contributed by atoms with van der Waals surface area (Å²) in [5.74, 6) is 0. The van der Waals surface area contributed by atoms with Gasteiger partial charge >= 0.3 is 0 Å². The van der Waals surface area contributed by atoms with E-state index in [-0.39, 0.29) is 16.2 Å². The number of benzene rings is 4. The first kappa shape index (κ1) is 33.2. The average Bonchev–Trinajstić information content (AvgIpc) is 3.81. The summed E-state index contributed by atoms with van der Waals surface area (Å²) in [6.07, 6.45) is 0.